The molecule has 1 saturated heterocycles. The van der Waals surface area contributed by atoms with Crippen molar-refractivity contribution in [3.63, 3.8) is 0 Å². The van der Waals surface area contributed by atoms with E-state index in [9.17, 15) is 0 Å². The number of hydrogen-bond acceptors (Lipinski definition) is 6. The highest BCUT2D eigenvalue weighted by Crippen LogP contribution is 2.26. The van der Waals surface area contributed by atoms with Crippen LogP contribution in [-0.2, 0) is 13.0 Å². The zero-order valence-electron chi connectivity index (χ0n) is 17.1. The summed E-state index contributed by atoms with van der Waals surface area (Å²) in [5.74, 6) is 1.11. The van der Waals surface area contributed by atoms with Crippen LogP contribution in [0.25, 0.3) is 11.2 Å². The van der Waals surface area contributed by atoms with Crippen molar-refractivity contribution in [3.8, 4) is 0 Å². The summed E-state index contributed by atoms with van der Waals surface area (Å²) in [5, 5.41) is 19.0. The largest absolute Gasteiger partial charge is 0.384 e. The van der Waals surface area contributed by atoms with Crippen LogP contribution in [0, 0.1) is 6.92 Å². The lowest BCUT2D eigenvalue weighted by Gasteiger charge is -2.23. The Balaban J connectivity index is 1.37. The maximum Gasteiger partial charge on any atom is 0.203 e. The number of nitrogen functional groups attached to an aromatic ring is 1. The van der Waals surface area contributed by atoms with Crippen LogP contribution in [0.5, 0.6) is 0 Å². The highest BCUT2D eigenvalue weighted by atomic mass is 15.3. The van der Waals surface area contributed by atoms with E-state index in [2.05, 4.69) is 66.7 Å². The molecule has 1 fully saturated rings. The highest BCUT2D eigenvalue weighted by Gasteiger charge is 2.16. The molecule has 0 aliphatic carbocycles. The van der Waals surface area contributed by atoms with E-state index >= 15 is 0 Å². The number of benzene rings is 1. The molecule has 8 heteroatoms. The molecule has 4 N–H and O–H groups in total. The minimum absolute atomic E-state index is 0.450. The predicted octanol–water partition coefficient (Wildman–Crippen LogP) is 2.55. The first-order valence-electron chi connectivity index (χ1n) is 10.4. The fourth-order valence-electron chi connectivity index (χ4n) is 4.35. The third kappa shape index (κ3) is 3.66. The smallest absolute Gasteiger partial charge is 0.203 e. The van der Waals surface area contributed by atoms with Gasteiger partial charge in [-0.05, 0) is 67.1 Å². The number of pyridine rings is 1. The molecule has 8 nitrogen and oxygen atoms in total. The van der Waals surface area contributed by atoms with Crippen molar-refractivity contribution in [2.75, 3.05) is 18.8 Å². The third-order valence-corrected chi connectivity index (χ3v) is 6.07. The Bertz CT molecular complexity index is 1170. The van der Waals surface area contributed by atoms with E-state index < -0.39 is 0 Å². The lowest BCUT2D eigenvalue weighted by atomic mass is 9.89. The summed E-state index contributed by atoms with van der Waals surface area (Å²) in [6.07, 6.45) is 5.05. The zero-order valence-corrected chi connectivity index (χ0v) is 17.1. The van der Waals surface area contributed by atoms with Crippen LogP contribution in [0.4, 0.5) is 5.82 Å². The van der Waals surface area contributed by atoms with Crippen LogP contribution < -0.4 is 11.1 Å². The van der Waals surface area contributed by atoms with E-state index in [-0.39, 0.29) is 0 Å². The van der Waals surface area contributed by atoms with Crippen LogP contribution in [-0.4, -0.2) is 43.3 Å². The van der Waals surface area contributed by atoms with Gasteiger partial charge in [-0.15, -0.1) is 5.10 Å². The number of aromatic nitrogens is 6. The molecule has 0 unspecified atom stereocenters. The first-order valence-corrected chi connectivity index (χ1v) is 10.4. The van der Waals surface area contributed by atoms with E-state index in [0.717, 1.165) is 42.0 Å². The summed E-state index contributed by atoms with van der Waals surface area (Å²) < 4.78 is 2.07. The third-order valence-electron chi connectivity index (χ3n) is 6.07. The second kappa shape index (κ2) is 7.87. The molecule has 154 valence electrons. The van der Waals surface area contributed by atoms with Gasteiger partial charge in [0.1, 0.15) is 11.3 Å². The van der Waals surface area contributed by atoms with Crippen molar-refractivity contribution in [2.45, 2.75) is 38.6 Å². The summed E-state index contributed by atoms with van der Waals surface area (Å²) in [7, 11) is 0. The van der Waals surface area contributed by atoms with Crippen molar-refractivity contribution < 1.29 is 0 Å². The Kier molecular flexibility index (Phi) is 4.92. The molecule has 1 aliphatic rings. The van der Waals surface area contributed by atoms with Gasteiger partial charge in [-0.1, -0.05) is 24.3 Å². The van der Waals surface area contributed by atoms with E-state index in [1.165, 1.54) is 24.0 Å². The van der Waals surface area contributed by atoms with Gasteiger partial charge in [-0.2, -0.15) is 15.4 Å². The molecule has 4 heterocycles. The molecule has 4 aromatic rings. The molecule has 0 amide bonds. The summed E-state index contributed by atoms with van der Waals surface area (Å²) in [5.41, 5.74) is 13.3. The number of piperidine rings is 1. The number of fused-ring (bicyclic) bond motifs is 1. The van der Waals surface area contributed by atoms with E-state index in [1.807, 2.05) is 12.3 Å². The monoisotopic (exact) mass is 402 g/mol. The molecule has 5 rings (SSSR count). The highest BCUT2D eigenvalue weighted by molar-refractivity contribution is 5.76. The standard InChI is InChI=1S/C22H26N8/c1-14-19(10-18-11-20(23)26-22-21(18)27-29-28-22)12-25-30(14)13-15-3-2-4-17(9-15)16-5-7-24-8-6-16/h2-4,9,11-12,16,24H,5-8,10,13H2,1H3,(H3,23,26,27,28,29). The first kappa shape index (κ1) is 18.7. The normalized spacial score (nSPS) is 15.1. The van der Waals surface area contributed by atoms with Gasteiger partial charge in [0.05, 0.1) is 12.7 Å². The topological polar surface area (TPSA) is 110 Å². The number of hydrogen-bond donors (Lipinski definition) is 3. The summed E-state index contributed by atoms with van der Waals surface area (Å²) in [4.78, 5) is 4.22. The van der Waals surface area contributed by atoms with Crippen LogP contribution in [0.1, 0.15) is 46.7 Å². The molecular weight excluding hydrogens is 376 g/mol. The summed E-state index contributed by atoms with van der Waals surface area (Å²) in [6, 6.07) is 10.8. The van der Waals surface area contributed by atoms with Gasteiger partial charge in [0, 0.05) is 12.1 Å². The average Bonchev–Trinajstić information content (AvgIpc) is 3.37. The van der Waals surface area contributed by atoms with Gasteiger partial charge in [0.15, 0.2) is 0 Å². The van der Waals surface area contributed by atoms with Crippen LogP contribution in [0.3, 0.4) is 0 Å². The van der Waals surface area contributed by atoms with E-state index in [0.29, 0.717) is 23.8 Å². The zero-order chi connectivity index (χ0) is 20.5. The molecule has 1 aromatic carbocycles. The number of nitrogens with two attached hydrogens (primary N) is 1. The van der Waals surface area contributed by atoms with Crippen LogP contribution >= 0.6 is 0 Å². The predicted molar refractivity (Wildman–Crippen MR) is 116 cm³/mol. The first-order chi connectivity index (χ1) is 14.7. The van der Waals surface area contributed by atoms with E-state index in [4.69, 9.17) is 5.73 Å². The van der Waals surface area contributed by atoms with Gasteiger partial charge < -0.3 is 11.1 Å². The van der Waals surface area contributed by atoms with Crippen LogP contribution in [0.15, 0.2) is 36.5 Å². The SMILES string of the molecule is Cc1c(Cc2cc(N)nc3n[nH]nc23)cnn1Cc1cccc(C2CCNCC2)c1. The Hall–Kier alpha value is -3.26. The van der Waals surface area contributed by atoms with Gasteiger partial charge >= 0.3 is 0 Å². The van der Waals surface area contributed by atoms with Crippen molar-refractivity contribution in [1.82, 2.24) is 35.5 Å². The van der Waals surface area contributed by atoms with Crippen molar-refractivity contribution in [3.05, 3.63) is 64.5 Å². The molecule has 1 aliphatic heterocycles. The Morgan fingerprint density at radius 3 is 2.87 bits per heavy atom. The summed E-state index contributed by atoms with van der Waals surface area (Å²) >= 11 is 0. The molecule has 0 bridgehead atoms. The average molecular weight is 403 g/mol. The molecule has 0 atom stereocenters. The summed E-state index contributed by atoms with van der Waals surface area (Å²) in [6.45, 7) is 5.09. The molecular formula is C22H26N8. The van der Waals surface area contributed by atoms with E-state index in [1.54, 1.807) is 0 Å². The lowest BCUT2D eigenvalue weighted by molar-refractivity contribution is 0.460. The van der Waals surface area contributed by atoms with Crippen molar-refractivity contribution >= 4 is 17.0 Å². The number of H-pyrrole nitrogens is 1. The molecule has 0 radical (unpaired) electrons. The quantitative estimate of drug-likeness (QED) is 0.473. The maximum absolute atomic E-state index is 5.94. The lowest BCUT2D eigenvalue weighted by Crippen LogP contribution is -2.26. The maximum atomic E-state index is 5.94. The Labute approximate surface area is 174 Å². The molecule has 0 spiro atoms. The van der Waals surface area contributed by atoms with Crippen molar-refractivity contribution in [2.24, 2.45) is 0 Å². The number of nitrogens with zero attached hydrogens (tertiary/aromatic N) is 5. The Morgan fingerprint density at radius 2 is 2.00 bits per heavy atom. The number of rotatable bonds is 5. The minimum Gasteiger partial charge on any atom is -0.384 e. The van der Waals surface area contributed by atoms with Gasteiger partial charge in [-0.3, -0.25) is 4.68 Å². The Morgan fingerprint density at radius 1 is 1.13 bits per heavy atom. The molecule has 3 aromatic heterocycles. The van der Waals surface area contributed by atoms with Gasteiger partial charge in [0.2, 0.25) is 5.65 Å². The number of anilines is 1. The minimum atomic E-state index is 0.450. The van der Waals surface area contributed by atoms with Crippen molar-refractivity contribution in [1.29, 1.82) is 0 Å². The fourth-order valence-corrected chi connectivity index (χ4v) is 4.35. The second-order valence-electron chi connectivity index (χ2n) is 8.06. The molecule has 0 saturated carbocycles. The van der Waals surface area contributed by atoms with Crippen LogP contribution in [0.2, 0.25) is 0 Å². The van der Waals surface area contributed by atoms with Gasteiger partial charge in [-0.25, -0.2) is 4.98 Å². The number of aromatic amines is 1. The van der Waals surface area contributed by atoms with Gasteiger partial charge in [0.25, 0.3) is 0 Å². The second-order valence-corrected chi connectivity index (χ2v) is 8.06. The fraction of sp³-hybridized carbons (Fsp3) is 0.364. The molecule has 30 heavy (non-hydrogen) atoms. The number of nitrogens with one attached hydrogen (secondary N) is 2.